The number of carbonyl (C=O) groups excluding carboxylic acids is 2. The van der Waals surface area contributed by atoms with Gasteiger partial charge in [0, 0.05) is 0 Å². The molecule has 0 aromatic carbocycles. The minimum absolute atomic E-state index is 0.00579. The molecule has 10 heteroatoms. The third-order valence-electron chi connectivity index (χ3n) is 2.99. The molecule has 1 aromatic heterocycles. The minimum Gasteiger partial charge on any atom is -0.389 e. The third kappa shape index (κ3) is 2.98. The lowest BCUT2D eigenvalue weighted by Crippen LogP contribution is -2.59. The zero-order valence-electron chi connectivity index (χ0n) is 11.0. The monoisotopic (exact) mass is 347 g/mol. The van der Waals surface area contributed by atoms with E-state index in [1.807, 2.05) is 0 Å². The summed E-state index contributed by atoms with van der Waals surface area (Å²) in [6, 6.07) is 1.98. The summed E-state index contributed by atoms with van der Waals surface area (Å²) in [5, 5.41) is 2.14. The van der Waals surface area contributed by atoms with Crippen LogP contribution in [0.15, 0.2) is 16.3 Å². The van der Waals surface area contributed by atoms with E-state index in [2.05, 4.69) is 5.32 Å². The lowest BCUT2D eigenvalue weighted by atomic mass is 10.2. The van der Waals surface area contributed by atoms with Gasteiger partial charge in [-0.15, -0.1) is 11.3 Å². The maximum atomic E-state index is 12.6. The number of hydrogen-bond acceptors (Lipinski definition) is 6. The molecule has 2 amide bonds. The number of thiophene rings is 1. The molecule has 21 heavy (non-hydrogen) atoms. The molecule has 1 aromatic rings. The summed E-state index contributed by atoms with van der Waals surface area (Å²) in [5.74, 6) is -1.25. The molecule has 3 N–H and O–H groups in total. The van der Waals surface area contributed by atoms with Crippen LogP contribution in [-0.4, -0.2) is 42.1 Å². The number of imide groups is 1. The normalized spacial score (nSPS) is 20.3. The molecule has 0 radical (unpaired) electrons. The second kappa shape index (κ2) is 5.79. The molecule has 1 aliphatic heterocycles. The Hall–Kier alpha value is -1.36. The Balaban J connectivity index is 2.42. The van der Waals surface area contributed by atoms with Gasteiger partial charge in [0.25, 0.3) is 10.0 Å². The number of nitrogens with one attached hydrogen (secondary N) is 1. The van der Waals surface area contributed by atoms with Gasteiger partial charge in [-0.2, -0.15) is 4.31 Å². The number of carbonyl (C=O) groups is 2. The molecule has 1 saturated heterocycles. The Labute approximate surface area is 131 Å². The molecule has 1 atom stereocenters. The molecule has 0 bridgehead atoms. The number of sulfonamides is 1. The molecule has 114 valence electrons. The van der Waals surface area contributed by atoms with Crippen molar-refractivity contribution in [1.82, 2.24) is 9.62 Å². The van der Waals surface area contributed by atoms with Crippen molar-refractivity contribution in [2.45, 2.75) is 23.6 Å². The molecular weight excluding hydrogens is 334 g/mol. The summed E-state index contributed by atoms with van der Waals surface area (Å²) >= 11 is 5.72. The van der Waals surface area contributed by atoms with Crippen LogP contribution < -0.4 is 11.1 Å². The van der Waals surface area contributed by atoms with Crippen molar-refractivity contribution in [3.63, 3.8) is 0 Å². The van der Waals surface area contributed by atoms with Crippen LogP contribution in [-0.2, 0) is 19.6 Å². The fourth-order valence-corrected chi connectivity index (χ4v) is 5.09. The summed E-state index contributed by atoms with van der Waals surface area (Å²) in [7, 11) is -3.95. The number of thiocarbonyl (C=S) groups is 1. The number of rotatable bonds is 4. The number of nitrogens with zero attached hydrogens (tertiary/aromatic N) is 1. The Bertz CT molecular complexity index is 710. The average Bonchev–Trinajstić information content (AvgIpc) is 2.88. The quantitative estimate of drug-likeness (QED) is 0.577. The van der Waals surface area contributed by atoms with Crippen LogP contribution in [0.3, 0.4) is 0 Å². The highest BCUT2D eigenvalue weighted by atomic mass is 32.2. The minimum atomic E-state index is -3.95. The fraction of sp³-hybridized carbons (Fsp3) is 0.364. The molecule has 1 fully saturated rings. The first kappa shape index (κ1) is 16.0. The van der Waals surface area contributed by atoms with Crippen LogP contribution in [0.25, 0.3) is 0 Å². The van der Waals surface area contributed by atoms with Crippen molar-refractivity contribution in [2.24, 2.45) is 5.73 Å². The van der Waals surface area contributed by atoms with E-state index in [1.54, 1.807) is 6.92 Å². The predicted molar refractivity (Wildman–Crippen MR) is 81.3 cm³/mol. The molecule has 0 saturated carbocycles. The van der Waals surface area contributed by atoms with Gasteiger partial charge in [0.05, 0.1) is 11.4 Å². The smallest absolute Gasteiger partial charge is 0.253 e. The predicted octanol–water partition coefficient (Wildman–Crippen LogP) is -0.192. The molecule has 0 spiro atoms. The Morgan fingerprint density at radius 3 is 2.71 bits per heavy atom. The SMILES string of the molecule is CCC1C(=O)NC(=O)CN1S(=O)(=O)c1ccc(C(N)=S)s1. The Morgan fingerprint density at radius 1 is 1.52 bits per heavy atom. The van der Waals surface area contributed by atoms with E-state index in [0.717, 1.165) is 15.6 Å². The standard InChI is InChI=1S/C11H13N3O4S3/c1-2-6-11(16)13-8(15)5-14(6)21(17,18)9-4-3-7(20-9)10(12)19/h3-4,6H,2,5H2,1H3,(H2,12,19)(H,13,15,16). The highest BCUT2D eigenvalue weighted by molar-refractivity contribution is 7.91. The summed E-state index contributed by atoms with van der Waals surface area (Å²) in [6.07, 6.45) is 0.270. The van der Waals surface area contributed by atoms with E-state index in [0.29, 0.717) is 4.88 Å². The van der Waals surface area contributed by atoms with Gasteiger partial charge in [0.2, 0.25) is 11.8 Å². The lowest BCUT2D eigenvalue weighted by Gasteiger charge is -2.31. The van der Waals surface area contributed by atoms with Gasteiger partial charge in [-0.25, -0.2) is 8.42 Å². The van der Waals surface area contributed by atoms with Gasteiger partial charge < -0.3 is 5.73 Å². The molecule has 2 heterocycles. The third-order valence-corrected chi connectivity index (χ3v) is 6.78. The van der Waals surface area contributed by atoms with Crippen LogP contribution >= 0.6 is 23.6 Å². The van der Waals surface area contributed by atoms with Gasteiger partial charge in [0.1, 0.15) is 15.2 Å². The van der Waals surface area contributed by atoms with Crippen LogP contribution in [0.1, 0.15) is 18.2 Å². The summed E-state index contributed by atoms with van der Waals surface area (Å²) in [4.78, 5) is 23.8. The van der Waals surface area contributed by atoms with Gasteiger partial charge in [-0.1, -0.05) is 19.1 Å². The molecule has 0 aliphatic carbocycles. The Morgan fingerprint density at radius 2 is 2.19 bits per heavy atom. The number of hydrogen-bond donors (Lipinski definition) is 2. The van der Waals surface area contributed by atoms with Crippen molar-refractivity contribution >= 4 is 50.4 Å². The maximum Gasteiger partial charge on any atom is 0.253 e. The summed E-state index contributed by atoms with van der Waals surface area (Å²) < 4.78 is 26.1. The van der Waals surface area contributed by atoms with E-state index in [1.165, 1.54) is 12.1 Å². The lowest BCUT2D eigenvalue weighted by molar-refractivity contribution is -0.137. The van der Waals surface area contributed by atoms with Gasteiger partial charge in [-0.05, 0) is 18.6 Å². The first-order valence-electron chi connectivity index (χ1n) is 6.02. The molecule has 7 nitrogen and oxygen atoms in total. The topological polar surface area (TPSA) is 110 Å². The van der Waals surface area contributed by atoms with E-state index >= 15 is 0 Å². The fourth-order valence-electron chi connectivity index (χ4n) is 1.99. The zero-order chi connectivity index (χ0) is 15.8. The number of amides is 2. The Kier molecular flexibility index (Phi) is 4.42. The van der Waals surface area contributed by atoms with Crippen molar-refractivity contribution in [3.05, 3.63) is 17.0 Å². The van der Waals surface area contributed by atoms with Crippen molar-refractivity contribution in [2.75, 3.05) is 6.54 Å². The van der Waals surface area contributed by atoms with Gasteiger partial charge in [0.15, 0.2) is 0 Å². The van der Waals surface area contributed by atoms with Crippen molar-refractivity contribution < 1.29 is 18.0 Å². The molecular formula is C11H13N3O4S3. The van der Waals surface area contributed by atoms with E-state index < -0.39 is 27.9 Å². The van der Waals surface area contributed by atoms with E-state index in [9.17, 15) is 18.0 Å². The van der Waals surface area contributed by atoms with E-state index in [4.69, 9.17) is 18.0 Å². The first-order chi connectivity index (χ1) is 9.77. The average molecular weight is 347 g/mol. The second-order valence-electron chi connectivity index (χ2n) is 4.37. The maximum absolute atomic E-state index is 12.6. The second-order valence-corrected chi connectivity index (χ2v) is 8.01. The van der Waals surface area contributed by atoms with E-state index in [-0.39, 0.29) is 22.2 Å². The van der Waals surface area contributed by atoms with Crippen LogP contribution in [0.4, 0.5) is 0 Å². The molecule has 1 aliphatic rings. The molecule has 1 unspecified atom stereocenters. The first-order valence-corrected chi connectivity index (χ1v) is 8.69. The highest BCUT2D eigenvalue weighted by Crippen LogP contribution is 2.27. The number of nitrogens with two attached hydrogens (primary N) is 1. The van der Waals surface area contributed by atoms with Crippen LogP contribution in [0.5, 0.6) is 0 Å². The zero-order valence-corrected chi connectivity index (χ0v) is 13.5. The van der Waals surface area contributed by atoms with Crippen molar-refractivity contribution in [1.29, 1.82) is 0 Å². The van der Waals surface area contributed by atoms with Gasteiger partial charge in [-0.3, -0.25) is 14.9 Å². The highest BCUT2D eigenvalue weighted by Gasteiger charge is 2.41. The molecule has 2 rings (SSSR count). The summed E-state index contributed by atoms with van der Waals surface area (Å²) in [5.41, 5.74) is 5.46. The largest absolute Gasteiger partial charge is 0.389 e. The number of piperazine rings is 1. The van der Waals surface area contributed by atoms with Gasteiger partial charge >= 0.3 is 0 Å². The van der Waals surface area contributed by atoms with Crippen LogP contribution in [0, 0.1) is 0 Å². The van der Waals surface area contributed by atoms with Crippen molar-refractivity contribution in [3.8, 4) is 0 Å². The summed E-state index contributed by atoms with van der Waals surface area (Å²) in [6.45, 7) is 1.30. The van der Waals surface area contributed by atoms with Crippen LogP contribution in [0.2, 0.25) is 0 Å².